The Balaban J connectivity index is 1.61. The van der Waals surface area contributed by atoms with Crippen molar-refractivity contribution in [2.24, 2.45) is 4.99 Å². The van der Waals surface area contributed by atoms with E-state index in [1.54, 1.807) is 0 Å². The van der Waals surface area contributed by atoms with Crippen LogP contribution in [0.3, 0.4) is 0 Å². The third-order valence-corrected chi connectivity index (χ3v) is 3.82. The highest BCUT2D eigenvalue weighted by atomic mass is 35.5. The smallest absolute Gasteiger partial charge is 0.258 e. The second-order valence-electron chi connectivity index (χ2n) is 5.17. The highest BCUT2D eigenvalue weighted by Crippen LogP contribution is 2.24. The predicted molar refractivity (Wildman–Crippen MR) is 89.6 cm³/mol. The molecule has 2 aromatic carbocycles. The fourth-order valence-corrected chi connectivity index (χ4v) is 2.64. The Morgan fingerprint density at radius 2 is 1.83 bits per heavy atom. The van der Waals surface area contributed by atoms with E-state index in [-0.39, 0.29) is 0 Å². The normalized spacial score (nSPS) is 13.7. The molecule has 1 aromatic heterocycles. The van der Waals surface area contributed by atoms with Gasteiger partial charge in [0.25, 0.3) is 5.89 Å². The van der Waals surface area contributed by atoms with Crippen molar-refractivity contribution >= 4 is 17.4 Å². The van der Waals surface area contributed by atoms with Crippen molar-refractivity contribution in [3.8, 4) is 22.8 Å². The monoisotopic (exact) mass is 324 g/mol. The van der Waals surface area contributed by atoms with E-state index in [2.05, 4.69) is 20.4 Å². The Morgan fingerprint density at radius 1 is 1.00 bits per heavy atom. The fourth-order valence-electron chi connectivity index (χ4n) is 2.45. The van der Waals surface area contributed by atoms with E-state index in [1.165, 1.54) is 0 Å². The van der Waals surface area contributed by atoms with Gasteiger partial charge in [-0.15, -0.1) is 0 Å². The van der Waals surface area contributed by atoms with E-state index in [0.29, 0.717) is 16.7 Å². The van der Waals surface area contributed by atoms with Crippen LogP contribution >= 0.6 is 11.6 Å². The first kappa shape index (κ1) is 14.0. The predicted octanol–water partition coefficient (Wildman–Crippen LogP) is 3.41. The molecule has 23 heavy (non-hydrogen) atoms. The number of benzene rings is 2. The molecule has 0 saturated carbocycles. The number of aliphatic imine (C=N–C) groups is 1. The van der Waals surface area contributed by atoms with Gasteiger partial charge >= 0.3 is 0 Å². The minimum absolute atomic E-state index is 0.479. The molecule has 1 N–H and O–H groups in total. The van der Waals surface area contributed by atoms with Crippen LogP contribution in [0.4, 0.5) is 0 Å². The fraction of sp³-hybridized carbons (Fsp3) is 0.118. The van der Waals surface area contributed by atoms with Crippen molar-refractivity contribution in [1.29, 1.82) is 0 Å². The molecule has 114 valence electrons. The molecule has 4 rings (SSSR count). The van der Waals surface area contributed by atoms with E-state index < -0.39 is 0 Å². The zero-order chi connectivity index (χ0) is 15.6. The van der Waals surface area contributed by atoms with Gasteiger partial charge < -0.3 is 9.84 Å². The summed E-state index contributed by atoms with van der Waals surface area (Å²) in [7, 11) is 0. The third-order valence-electron chi connectivity index (χ3n) is 3.59. The van der Waals surface area contributed by atoms with Crippen LogP contribution in [0.5, 0.6) is 0 Å². The zero-order valence-corrected chi connectivity index (χ0v) is 12.9. The van der Waals surface area contributed by atoms with Crippen LogP contribution < -0.4 is 5.32 Å². The number of nitrogens with zero attached hydrogens (tertiary/aromatic N) is 3. The van der Waals surface area contributed by atoms with Gasteiger partial charge in [-0.25, -0.2) is 0 Å². The number of aromatic nitrogens is 2. The molecular formula is C17H13ClN4O. The third kappa shape index (κ3) is 2.83. The van der Waals surface area contributed by atoms with Crippen LogP contribution in [0.2, 0.25) is 5.02 Å². The quantitative estimate of drug-likeness (QED) is 0.802. The summed E-state index contributed by atoms with van der Waals surface area (Å²) < 4.78 is 5.36. The summed E-state index contributed by atoms with van der Waals surface area (Å²) in [4.78, 5) is 8.84. The van der Waals surface area contributed by atoms with E-state index in [1.807, 2.05) is 48.5 Å². The first-order valence-corrected chi connectivity index (χ1v) is 7.66. The van der Waals surface area contributed by atoms with Gasteiger partial charge in [-0.2, -0.15) is 4.98 Å². The lowest BCUT2D eigenvalue weighted by Gasteiger charge is -2.02. The van der Waals surface area contributed by atoms with Crippen molar-refractivity contribution in [3.05, 3.63) is 59.1 Å². The first-order valence-electron chi connectivity index (χ1n) is 7.28. The number of hydrogen-bond donors (Lipinski definition) is 1. The summed E-state index contributed by atoms with van der Waals surface area (Å²) in [5.41, 5.74) is 2.75. The highest BCUT2D eigenvalue weighted by Gasteiger charge is 2.12. The molecule has 0 bridgehead atoms. The lowest BCUT2D eigenvalue weighted by molar-refractivity contribution is 0.432. The Bertz CT molecular complexity index is 870. The van der Waals surface area contributed by atoms with E-state index in [0.717, 1.165) is 35.6 Å². The van der Waals surface area contributed by atoms with Gasteiger partial charge in [0.15, 0.2) is 0 Å². The van der Waals surface area contributed by atoms with Crippen molar-refractivity contribution < 1.29 is 4.52 Å². The Labute approximate surface area is 138 Å². The highest BCUT2D eigenvalue weighted by molar-refractivity contribution is 6.30. The first-order chi connectivity index (χ1) is 11.3. The van der Waals surface area contributed by atoms with Crippen LogP contribution in [-0.4, -0.2) is 29.1 Å². The Kier molecular flexibility index (Phi) is 3.55. The molecule has 2 heterocycles. The molecule has 0 spiro atoms. The van der Waals surface area contributed by atoms with E-state index in [9.17, 15) is 0 Å². The largest absolute Gasteiger partial charge is 0.368 e. The second kappa shape index (κ2) is 5.85. The topological polar surface area (TPSA) is 63.3 Å². The summed E-state index contributed by atoms with van der Waals surface area (Å²) in [6.07, 6.45) is 0. The Hall–Kier alpha value is -2.66. The summed E-state index contributed by atoms with van der Waals surface area (Å²) in [5.74, 6) is 1.93. The molecular weight excluding hydrogens is 312 g/mol. The molecule has 0 radical (unpaired) electrons. The molecule has 0 saturated heterocycles. The zero-order valence-electron chi connectivity index (χ0n) is 12.2. The molecule has 0 fully saturated rings. The van der Waals surface area contributed by atoms with Crippen molar-refractivity contribution in [1.82, 2.24) is 15.5 Å². The summed E-state index contributed by atoms with van der Waals surface area (Å²) in [6, 6.07) is 15.3. The number of rotatable bonds is 3. The van der Waals surface area contributed by atoms with Crippen molar-refractivity contribution in [3.63, 3.8) is 0 Å². The summed E-state index contributed by atoms with van der Waals surface area (Å²) in [5, 5.41) is 7.91. The van der Waals surface area contributed by atoms with Gasteiger partial charge in [-0.05, 0) is 24.3 Å². The van der Waals surface area contributed by atoms with E-state index >= 15 is 0 Å². The van der Waals surface area contributed by atoms with Gasteiger partial charge in [0.05, 0.1) is 6.54 Å². The lowest BCUT2D eigenvalue weighted by atomic mass is 10.1. The number of amidine groups is 1. The molecule has 0 amide bonds. The number of nitrogens with one attached hydrogen (secondary N) is 1. The molecule has 5 nitrogen and oxygen atoms in total. The maximum atomic E-state index is 5.99. The van der Waals surface area contributed by atoms with Crippen LogP contribution in [0.1, 0.15) is 5.56 Å². The minimum atomic E-state index is 0.479. The van der Waals surface area contributed by atoms with Crippen LogP contribution in [0.15, 0.2) is 58.0 Å². The maximum absolute atomic E-state index is 5.99. The Morgan fingerprint density at radius 3 is 2.57 bits per heavy atom. The van der Waals surface area contributed by atoms with Crippen LogP contribution in [-0.2, 0) is 0 Å². The standard InChI is InChI=1S/C17H13ClN4O/c18-14-3-1-2-13(10-14)16-21-17(23-22-16)12-6-4-11(5-7-12)15-19-8-9-20-15/h1-7,10H,8-9H2,(H,19,20). The molecule has 1 aliphatic rings. The molecule has 3 aromatic rings. The molecule has 0 unspecified atom stereocenters. The molecule has 1 aliphatic heterocycles. The second-order valence-corrected chi connectivity index (χ2v) is 5.60. The van der Waals surface area contributed by atoms with E-state index in [4.69, 9.17) is 16.1 Å². The van der Waals surface area contributed by atoms with Gasteiger partial charge in [0.1, 0.15) is 5.84 Å². The van der Waals surface area contributed by atoms with Gasteiger partial charge in [0, 0.05) is 28.3 Å². The summed E-state index contributed by atoms with van der Waals surface area (Å²) >= 11 is 5.99. The SMILES string of the molecule is Clc1cccc(-c2noc(-c3ccc(C4=NCCN4)cc3)n2)c1. The van der Waals surface area contributed by atoms with Gasteiger partial charge in [0.2, 0.25) is 5.82 Å². The minimum Gasteiger partial charge on any atom is -0.368 e. The average molecular weight is 325 g/mol. The number of hydrogen-bond acceptors (Lipinski definition) is 5. The maximum Gasteiger partial charge on any atom is 0.258 e. The average Bonchev–Trinajstić information content (AvgIpc) is 3.27. The molecule has 0 aliphatic carbocycles. The summed E-state index contributed by atoms with van der Waals surface area (Å²) in [6.45, 7) is 1.72. The van der Waals surface area contributed by atoms with Crippen molar-refractivity contribution in [2.45, 2.75) is 0 Å². The van der Waals surface area contributed by atoms with Gasteiger partial charge in [-0.1, -0.05) is 41.0 Å². The molecule has 6 heteroatoms. The van der Waals surface area contributed by atoms with Crippen LogP contribution in [0, 0.1) is 0 Å². The van der Waals surface area contributed by atoms with Crippen LogP contribution in [0.25, 0.3) is 22.8 Å². The lowest BCUT2D eigenvalue weighted by Crippen LogP contribution is -2.19. The molecule has 0 atom stereocenters. The van der Waals surface area contributed by atoms with Crippen molar-refractivity contribution in [2.75, 3.05) is 13.1 Å². The van der Waals surface area contributed by atoms with Gasteiger partial charge in [-0.3, -0.25) is 4.99 Å². The number of halogens is 1.